The molecule has 21 heavy (non-hydrogen) atoms. The molecule has 0 aliphatic carbocycles. The summed E-state index contributed by atoms with van der Waals surface area (Å²) in [5.41, 5.74) is -1.38. The third-order valence-electron chi connectivity index (χ3n) is 2.59. The Balaban J connectivity index is 2.40. The lowest BCUT2D eigenvalue weighted by molar-refractivity contribution is -0.385. The summed E-state index contributed by atoms with van der Waals surface area (Å²) in [6.45, 7) is 0. The molecule has 2 rings (SSSR count). The van der Waals surface area contributed by atoms with Crippen LogP contribution in [0.5, 0.6) is 0 Å². The van der Waals surface area contributed by atoms with Gasteiger partial charge in [-0.15, -0.1) is 0 Å². The zero-order valence-electron chi connectivity index (χ0n) is 10.3. The van der Waals surface area contributed by atoms with Gasteiger partial charge in [0.15, 0.2) is 0 Å². The zero-order valence-corrected chi connectivity index (χ0v) is 11.0. The smallest absolute Gasteiger partial charge is 0.300 e. The summed E-state index contributed by atoms with van der Waals surface area (Å²) in [5, 5.41) is 12.8. The van der Waals surface area contributed by atoms with Gasteiger partial charge in [0.2, 0.25) is 0 Å². The molecule has 0 radical (unpaired) electrons. The van der Waals surface area contributed by atoms with E-state index in [1.54, 1.807) is 0 Å². The minimum absolute atomic E-state index is 0.229. The average Bonchev–Trinajstić information content (AvgIpc) is 2.42. The normalized spacial score (nSPS) is 10.2. The number of nitrogens with one attached hydrogen (secondary N) is 1. The van der Waals surface area contributed by atoms with Crippen molar-refractivity contribution in [2.75, 3.05) is 5.32 Å². The van der Waals surface area contributed by atoms with Crippen LogP contribution in [-0.4, -0.2) is 10.8 Å². The van der Waals surface area contributed by atoms with E-state index < -0.39 is 33.8 Å². The molecule has 8 heteroatoms. The Labute approximate surface area is 122 Å². The van der Waals surface area contributed by atoms with E-state index in [1.807, 2.05) is 0 Å². The number of rotatable bonds is 3. The van der Waals surface area contributed by atoms with Crippen molar-refractivity contribution in [3.63, 3.8) is 0 Å². The fraction of sp³-hybridized carbons (Fsp3) is 0. The Morgan fingerprint density at radius 1 is 1.24 bits per heavy atom. The Morgan fingerprint density at radius 2 is 1.95 bits per heavy atom. The maximum atomic E-state index is 13.4. The molecular formula is C13H7ClF2N2O3. The van der Waals surface area contributed by atoms with Crippen molar-refractivity contribution in [2.45, 2.75) is 0 Å². The standard InChI is InChI=1S/C13H7ClF2N2O3/c14-9-3-1-2-8(12(9)18(20)21)13(19)17-11-6-7(15)4-5-10(11)16/h1-6H,(H,17,19). The van der Waals surface area contributed by atoms with Gasteiger partial charge >= 0.3 is 5.69 Å². The lowest BCUT2D eigenvalue weighted by Gasteiger charge is -2.07. The summed E-state index contributed by atoms with van der Waals surface area (Å²) in [6.07, 6.45) is 0. The Kier molecular flexibility index (Phi) is 4.13. The molecule has 0 bridgehead atoms. The summed E-state index contributed by atoms with van der Waals surface area (Å²) in [5.74, 6) is -2.59. The molecule has 2 aromatic carbocycles. The largest absolute Gasteiger partial charge is 0.319 e. The maximum Gasteiger partial charge on any atom is 0.300 e. The van der Waals surface area contributed by atoms with Crippen LogP contribution in [0.25, 0.3) is 0 Å². The van der Waals surface area contributed by atoms with E-state index in [2.05, 4.69) is 5.32 Å². The Morgan fingerprint density at radius 3 is 2.62 bits per heavy atom. The molecule has 0 aliphatic rings. The third kappa shape index (κ3) is 3.14. The molecule has 1 amide bonds. The average molecular weight is 313 g/mol. The van der Waals surface area contributed by atoms with Gasteiger partial charge in [-0.05, 0) is 24.3 Å². The summed E-state index contributed by atoms with van der Waals surface area (Å²) in [6, 6.07) is 6.23. The van der Waals surface area contributed by atoms with Crippen LogP contribution in [0.15, 0.2) is 36.4 Å². The fourth-order valence-electron chi connectivity index (χ4n) is 1.67. The van der Waals surface area contributed by atoms with Crippen LogP contribution in [0.1, 0.15) is 10.4 Å². The quantitative estimate of drug-likeness (QED) is 0.692. The van der Waals surface area contributed by atoms with Gasteiger partial charge in [-0.1, -0.05) is 17.7 Å². The molecule has 0 fully saturated rings. The number of benzene rings is 2. The van der Waals surface area contributed by atoms with Crippen LogP contribution >= 0.6 is 11.6 Å². The highest BCUT2D eigenvalue weighted by Crippen LogP contribution is 2.29. The number of nitrogens with zero attached hydrogens (tertiary/aromatic N) is 1. The van der Waals surface area contributed by atoms with Crippen molar-refractivity contribution in [2.24, 2.45) is 0 Å². The van der Waals surface area contributed by atoms with Gasteiger partial charge in [-0.2, -0.15) is 0 Å². The molecule has 1 N–H and O–H groups in total. The van der Waals surface area contributed by atoms with Crippen LogP contribution in [0.2, 0.25) is 5.02 Å². The molecular weight excluding hydrogens is 306 g/mol. The lowest BCUT2D eigenvalue weighted by Crippen LogP contribution is -2.15. The van der Waals surface area contributed by atoms with Crippen molar-refractivity contribution < 1.29 is 18.5 Å². The fourth-order valence-corrected chi connectivity index (χ4v) is 1.91. The number of hydrogen-bond acceptors (Lipinski definition) is 3. The molecule has 0 spiro atoms. The second-order valence-electron chi connectivity index (χ2n) is 3.97. The van der Waals surface area contributed by atoms with Gasteiger partial charge in [0.25, 0.3) is 5.91 Å². The summed E-state index contributed by atoms with van der Waals surface area (Å²) >= 11 is 5.67. The third-order valence-corrected chi connectivity index (χ3v) is 2.90. The number of carbonyl (C=O) groups excluding carboxylic acids is 1. The van der Waals surface area contributed by atoms with E-state index in [-0.39, 0.29) is 10.6 Å². The first-order valence-electron chi connectivity index (χ1n) is 5.59. The molecule has 5 nitrogen and oxygen atoms in total. The topological polar surface area (TPSA) is 72.2 Å². The molecule has 0 unspecified atom stereocenters. The van der Waals surface area contributed by atoms with Crippen LogP contribution in [0.4, 0.5) is 20.2 Å². The maximum absolute atomic E-state index is 13.4. The van der Waals surface area contributed by atoms with Crippen LogP contribution in [0, 0.1) is 21.7 Å². The first-order valence-corrected chi connectivity index (χ1v) is 5.97. The van der Waals surface area contributed by atoms with Crippen molar-refractivity contribution in [1.82, 2.24) is 0 Å². The van der Waals surface area contributed by atoms with Gasteiger partial charge in [0.05, 0.1) is 10.6 Å². The SMILES string of the molecule is O=C(Nc1cc(F)ccc1F)c1cccc(Cl)c1[N+](=O)[O-]. The van der Waals surface area contributed by atoms with Crippen molar-refractivity contribution in [1.29, 1.82) is 0 Å². The van der Waals surface area contributed by atoms with Crippen LogP contribution in [0.3, 0.4) is 0 Å². The predicted molar refractivity (Wildman–Crippen MR) is 72.4 cm³/mol. The molecule has 2 aromatic rings. The lowest BCUT2D eigenvalue weighted by atomic mass is 10.1. The second kappa shape index (κ2) is 5.84. The van der Waals surface area contributed by atoms with Crippen LogP contribution in [-0.2, 0) is 0 Å². The van der Waals surface area contributed by atoms with Gasteiger partial charge < -0.3 is 5.32 Å². The summed E-state index contributed by atoms with van der Waals surface area (Å²) in [7, 11) is 0. The molecule has 0 aromatic heterocycles. The van der Waals surface area contributed by atoms with Gasteiger partial charge in [-0.25, -0.2) is 8.78 Å². The van der Waals surface area contributed by atoms with Crippen LogP contribution < -0.4 is 5.32 Å². The monoisotopic (exact) mass is 312 g/mol. The first kappa shape index (κ1) is 14.9. The second-order valence-corrected chi connectivity index (χ2v) is 4.38. The van der Waals surface area contributed by atoms with E-state index in [9.17, 15) is 23.7 Å². The molecule has 0 saturated carbocycles. The van der Waals surface area contributed by atoms with E-state index in [0.29, 0.717) is 0 Å². The number of anilines is 1. The van der Waals surface area contributed by atoms with Gasteiger partial charge in [-0.3, -0.25) is 14.9 Å². The van der Waals surface area contributed by atoms with E-state index in [1.165, 1.54) is 12.1 Å². The Bertz CT molecular complexity index is 737. The number of halogens is 3. The molecule has 0 aliphatic heterocycles. The number of hydrogen-bond donors (Lipinski definition) is 1. The van der Waals surface area contributed by atoms with E-state index in [4.69, 9.17) is 11.6 Å². The molecule has 108 valence electrons. The highest BCUT2D eigenvalue weighted by atomic mass is 35.5. The molecule has 0 saturated heterocycles. The Hall–Kier alpha value is -2.54. The number of nitro benzene ring substituents is 1. The molecule has 0 heterocycles. The first-order chi connectivity index (χ1) is 9.90. The number of carbonyl (C=O) groups is 1. The predicted octanol–water partition coefficient (Wildman–Crippen LogP) is 3.78. The van der Waals surface area contributed by atoms with E-state index in [0.717, 1.165) is 24.3 Å². The highest BCUT2D eigenvalue weighted by molar-refractivity contribution is 6.33. The van der Waals surface area contributed by atoms with Gasteiger partial charge in [0.1, 0.15) is 22.2 Å². The van der Waals surface area contributed by atoms with Crippen molar-refractivity contribution >= 4 is 28.9 Å². The van der Waals surface area contributed by atoms with E-state index >= 15 is 0 Å². The summed E-state index contributed by atoms with van der Waals surface area (Å²) < 4.78 is 26.5. The number of para-hydroxylation sites is 1. The minimum Gasteiger partial charge on any atom is -0.319 e. The molecule has 0 atom stereocenters. The van der Waals surface area contributed by atoms with Gasteiger partial charge in [0, 0.05) is 6.07 Å². The number of amides is 1. The van der Waals surface area contributed by atoms with Crippen molar-refractivity contribution in [3.05, 3.63) is 68.7 Å². The minimum atomic E-state index is -0.964. The van der Waals surface area contributed by atoms with Crippen molar-refractivity contribution in [3.8, 4) is 0 Å². The highest BCUT2D eigenvalue weighted by Gasteiger charge is 2.24. The zero-order chi connectivity index (χ0) is 15.6. The number of nitro groups is 1. The summed E-state index contributed by atoms with van der Waals surface area (Å²) in [4.78, 5) is 22.1.